The van der Waals surface area contributed by atoms with Gasteiger partial charge in [-0.2, -0.15) is 0 Å². The topological polar surface area (TPSA) is 64.5 Å². The van der Waals surface area contributed by atoms with Crippen molar-refractivity contribution in [1.82, 2.24) is 9.97 Å². The van der Waals surface area contributed by atoms with Crippen LogP contribution in [0.4, 0.5) is 10.3 Å². The Hall–Kier alpha value is -1.76. The first kappa shape index (κ1) is 12.7. The Bertz CT molecular complexity index is 412. The molecule has 0 amide bonds. The molecule has 1 aliphatic rings. The molecule has 0 saturated carbocycles. The lowest BCUT2D eigenvalue weighted by Gasteiger charge is -2.32. The van der Waals surface area contributed by atoms with E-state index in [0.717, 1.165) is 12.4 Å². The lowest BCUT2D eigenvalue weighted by Crippen LogP contribution is -2.44. The van der Waals surface area contributed by atoms with Crippen LogP contribution < -0.4 is 4.90 Å². The van der Waals surface area contributed by atoms with Crippen LogP contribution in [0.15, 0.2) is 12.4 Å². The van der Waals surface area contributed by atoms with Crippen molar-refractivity contribution < 1.29 is 18.7 Å². The van der Waals surface area contributed by atoms with Gasteiger partial charge in [-0.25, -0.2) is 14.4 Å². The summed E-state index contributed by atoms with van der Waals surface area (Å²) in [5.74, 6) is -0.352. The molecule has 1 aromatic rings. The monoisotopic (exact) mass is 255 g/mol. The molecule has 0 aliphatic carbocycles. The summed E-state index contributed by atoms with van der Waals surface area (Å²) in [4.78, 5) is 20.8. The summed E-state index contributed by atoms with van der Waals surface area (Å²) in [6.07, 6.45) is 2.17. The van der Waals surface area contributed by atoms with Gasteiger partial charge in [0.05, 0.1) is 38.6 Å². The molecule has 7 heteroatoms. The van der Waals surface area contributed by atoms with Crippen LogP contribution in [-0.4, -0.2) is 48.8 Å². The number of carbonyl (C=O) groups is 1. The first-order valence-corrected chi connectivity index (χ1v) is 5.60. The number of methoxy groups -OCH3 is 1. The molecule has 0 radical (unpaired) electrons. The summed E-state index contributed by atoms with van der Waals surface area (Å²) < 4.78 is 22.8. The average Bonchev–Trinajstić information content (AvgIpc) is 2.40. The molecule has 0 N–H and O–H groups in total. The van der Waals surface area contributed by atoms with Gasteiger partial charge in [-0.1, -0.05) is 0 Å². The molecule has 1 fully saturated rings. The van der Waals surface area contributed by atoms with Crippen molar-refractivity contribution in [3.8, 4) is 0 Å². The summed E-state index contributed by atoms with van der Waals surface area (Å²) >= 11 is 0. The van der Waals surface area contributed by atoms with E-state index in [9.17, 15) is 9.18 Å². The molecular weight excluding hydrogens is 241 g/mol. The van der Waals surface area contributed by atoms with Crippen LogP contribution in [0.3, 0.4) is 0 Å². The van der Waals surface area contributed by atoms with Gasteiger partial charge in [-0.15, -0.1) is 0 Å². The highest BCUT2D eigenvalue weighted by atomic mass is 19.1. The van der Waals surface area contributed by atoms with E-state index >= 15 is 0 Å². The van der Waals surface area contributed by atoms with Crippen molar-refractivity contribution in [1.29, 1.82) is 0 Å². The fourth-order valence-corrected chi connectivity index (χ4v) is 1.76. The zero-order valence-electron chi connectivity index (χ0n) is 10.0. The number of hydrogen-bond acceptors (Lipinski definition) is 6. The van der Waals surface area contributed by atoms with Gasteiger partial charge < -0.3 is 14.4 Å². The highest BCUT2D eigenvalue weighted by Crippen LogP contribution is 2.14. The molecule has 1 aliphatic heterocycles. The van der Waals surface area contributed by atoms with E-state index < -0.39 is 5.82 Å². The number of nitrogens with zero attached hydrogens (tertiary/aromatic N) is 3. The van der Waals surface area contributed by atoms with Gasteiger partial charge >= 0.3 is 5.97 Å². The van der Waals surface area contributed by atoms with Crippen molar-refractivity contribution >= 4 is 11.9 Å². The minimum atomic E-state index is -0.474. The van der Waals surface area contributed by atoms with Crippen molar-refractivity contribution in [2.24, 2.45) is 0 Å². The van der Waals surface area contributed by atoms with Gasteiger partial charge in [0.2, 0.25) is 5.95 Å². The van der Waals surface area contributed by atoms with E-state index in [-0.39, 0.29) is 18.5 Å². The Labute approximate surface area is 104 Å². The van der Waals surface area contributed by atoms with Gasteiger partial charge in [0.1, 0.15) is 0 Å². The van der Waals surface area contributed by atoms with Crippen molar-refractivity contribution in [2.45, 2.75) is 12.5 Å². The summed E-state index contributed by atoms with van der Waals surface area (Å²) in [5.41, 5.74) is 0. The summed E-state index contributed by atoms with van der Waals surface area (Å²) in [6.45, 7) is 1.58. The number of carbonyl (C=O) groups excluding carboxylic acids is 1. The van der Waals surface area contributed by atoms with Crippen molar-refractivity contribution in [3.63, 3.8) is 0 Å². The number of anilines is 1. The summed E-state index contributed by atoms with van der Waals surface area (Å²) in [5, 5.41) is 0. The second kappa shape index (κ2) is 5.72. The number of hydrogen-bond donors (Lipinski definition) is 0. The van der Waals surface area contributed by atoms with E-state index in [1.165, 1.54) is 7.11 Å². The molecule has 2 heterocycles. The number of ether oxygens (including phenoxy) is 2. The highest BCUT2D eigenvalue weighted by Gasteiger charge is 2.24. The van der Waals surface area contributed by atoms with Gasteiger partial charge in [0.25, 0.3) is 0 Å². The maximum absolute atomic E-state index is 12.7. The van der Waals surface area contributed by atoms with Gasteiger partial charge in [-0.3, -0.25) is 4.79 Å². The normalized spacial score (nSPS) is 19.7. The maximum atomic E-state index is 12.7. The Morgan fingerprint density at radius 3 is 3.00 bits per heavy atom. The van der Waals surface area contributed by atoms with Crippen LogP contribution in [0.5, 0.6) is 0 Å². The largest absolute Gasteiger partial charge is 0.469 e. The van der Waals surface area contributed by atoms with E-state index in [2.05, 4.69) is 14.7 Å². The number of esters is 1. The molecule has 1 unspecified atom stereocenters. The maximum Gasteiger partial charge on any atom is 0.308 e. The Kier molecular flexibility index (Phi) is 4.03. The lowest BCUT2D eigenvalue weighted by atomic mass is 10.2. The van der Waals surface area contributed by atoms with Crippen molar-refractivity contribution in [3.05, 3.63) is 18.2 Å². The summed E-state index contributed by atoms with van der Waals surface area (Å²) in [6, 6.07) is 0. The Morgan fingerprint density at radius 1 is 1.61 bits per heavy atom. The van der Waals surface area contributed by atoms with Crippen LogP contribution in [-0.2, 0) is 14.3 Å². The minimum Gasteiger partial charge on any atom is -0.469 e. The SMILES string of the molecule is COC(=O)CC1CN(c2ncc(F)cn2)CCO1. The third-order valence-corrected chi connectivity index (χ3v) is 2.65. The fraction of sp³-hybridized carbons (Fsp3) is 0.545. The molecule has 0 bridgehead atoms. The summed E-state index contributed by atoms with van der Waals surface area (Å²) in [7, 11) is 1.34. The van der Waals surface area contributed by atoms with Crippen molar-refractivity contribution in [2.75, 3.05) is 31.7 Å². The Morgan fingerprint density at radius 2 is 2.33 bits per heavy atom. The molecular formula is C11H14FN3O3. The molecule has 0 spiro atoms. The third-order valence-electron chi connectivity index (χ3n) is 2.65. The van der Waals surface area contributed by atoms with Crippen LogP contribution >= 0.6 is 0 Å². The zero-order chi connectivity index (χ0) is 13.0. The lowest BCUT2D eigenvalue weighted by molar-refractivity contribution is -0.144. The van der Waals surface area contributed by atoms with Crippen LogP contribution in [0, 0.1) is 5.82 Å². The first-order chi connectivity index (χ1) is 8.69. The highest BCUT2D eigenvalue weighted by molar-refractivity contribution is 5.69. The second-order valence-electron chi connectivity index (χ2n) is 3.92. The Balaban J connectivity index is 1.98. The predicted octanol–water partition coefficient (Wildman–Crippen LogP) is 0.384. The molecule has 2 rings (SSSR count). The van der Waals surface area contributed by atoms with E-state index in [4.69, 9.17) is 4.74 Å². The number of morpholine rings is 1. The molecule has 1 aromatic heterocycles. The molecule has 6 nitrogen and oxygen atoms in total. The van der Waals surface area contributed by atoms with Crippen LogP contribution in [0.1, 0.15) is 6.42 Å². The van der Waals surface area contributed by atoms with Gasteiger partial charge in [0.15, 0.2) is 5.82 Å². The number of rotatable bonds is 3. The predicted molar refractivity (Wildman–Crippen MR) is 60.6 cm³/mol. The number of aromatic nitrogens is 2. The van der Waals surface area contributed by atoms with Gasteiger partial charge in [0, 0.05) is 13.1 Å². The van der Waals surface area contributed by atoms with Gasteiger partial charge in [-0.05, 0) is 0 Å². The van der Waals surface area contributed by atoms with E-state index in [0.29, 0.717) is 25.6 Å². The standard InChI is InChI=1S/C11H14FN3O3/c1-17-10(16)4-9-7-15(2-3-18-9)11-13-5-8(12)6-14-11/h5-6,9H,2-4,7H2,1H3. The van der Waals surface area contributed by atoms with Crippen LogP contribution in [0.25, 0.3) is 0 Å². The minimum absolute atomic E-state index is 0.189. The zero-order valence-corrected chi connectivity index (χ0v) is 10.0. The van der Waals surface area contributed by atoms with Crippen LogP contribution in [0.2, 0.25) is 0 Å². The van der Waals surface area contributed by atoms with E-state index in [1.807, 2.05) is 4.90 Å². The molecule has 1 atom stereocenters. The number of halogens is 1. The molecule has 18 heavy (non-hydrogen) atoms. The molecule has 0 aromatic carbocycles. The second-order valence-corrected chi connectivity index (χ2v) is 3.92. The smallest absolute Gasteiger partial charge is 0.308 e. The quantitative estimate of drug-likeness (QED) is 0.728. The first-order valence-electron chi connectivity index (χ1n) is 5.60. The third kappa shape index (κ3) is 3.13. The average molecular weight is 255 g/mol. The molecule has 1 saturated heterocycles. The fourth-order valence-electron chi connectivity index (χ4n) is 1.76. The van der Waals surface area contributed by atoms with E-state index in [1.54, 1.807) is 0 Å². The molecule has 98 valence electrons.